The molecule has 0 aliphatic rings. The number of benzene rings is 8. The summed E-state index contributed by atoms with van der Waals surface area (Å²) in [5.41, 5.74) is 2.93. The number of phenolic OH excluding ortho intramolecular Hbond substituents is 1. The molecule has 15 heteroatoms. The normalized spacial score (nSPS) is 10.6. The van der Waals surface area contributed by atoms with E-state index in [0.29, 0.717) is 64.8 Å². The van der Waals surface area contributed by atoms with Crippen LogP contribution in [0.1, 0.15) is 127 Å². The number of esters is 3. The fourth-order valence-corrected chi connectivity index (χ4v) is 8.90. The van der Waals surface area contributed by atoms with Crippen molar-refractivity contribution < 1.29 is 61.2 Å². The quantitative estimate of drug-likeness (QED) is 0.0240. The minimum absolute atomic E-state index is 0.145. The Labute approximate surface area is 480 Å². The molecule has 11 nitrogen and oxygen atoms in total. The van der Waals surface area contributed by atoms with Gasteiger partial charge in [-0.25, -0.2) is 17.6 Å². The van der Waals surface area contributed by atoms with E-state index in [9.17, 15) is 41.8 Å². The van der Waals surface area contributed by atoms with E-state index >= 15 is 0 Å². The lowest BCUT2D eigenvalue weighted by molar-refractivity contribution is -0.137. The number of halogens is 4. The lowest BCUT2D eigenvalue weighted by atomic mass is 10.0. The van der Waals surface area contributed by atoms with Gasteiger partial charge in [-0.3, -0.25) is 19.2 Å². The van der Waals surface area contributed by atoms with Crippen molar-refractivity contribution in [1.82, 2.24) is 0 Å². The van der Waals surface area contributed by atoms with Crippen LogP contribution in [0.4, 0.5) is 17.6 Å². The molecule has 0 aliphatic heterocycles. The van der Waals surface area contributed by atoms with Gasteiger partial charge in [0.1, 0.15) is 46.3 Å². The Bertz CT molecular complexity index is 3540. The molecule has 0 radical (unpaired) electrons. The van der Waals surface area contributed by atoms with E-state index in [1.165, 1.54) is 78.9 Å². The Morgan fingerprint density at radius 3 is 1.08 bits per heavy atom. The van der Waals surface area contributed by atoms with Crippen molar-refractivity contribution in [2.24, 2.45) is 0 Å². The van der Waals surface area contributed by atoms with Crippen LogP contribution in [-0.2, 0) is 19.2 Å². The van der Waals surface area contributed by atoms with Crippen LogP contribution in [0.5, 0.6) is 23.0 Å². The first-order valence-electron chi connectivity index (χ1n) is 27.7. The van der Waals surface area contributed by atoms with E-state index in [0.717, 1.165) is 98.2 Å². The number of hydrogen-bond donors (Lipinski definition) is 2. The number of aromatic hydroxyl groups is 1. The van der Waals surface area contributed by atoms with Crippen molar-refractivity contribution in [3.8, 4) is 57.4 Å². The summed E-state index contributed by atoms with van der Waals surface area (Å²) in [7, 11) is 0. The maximum absolute atomic E-state index is 14.5. The van der Waals surface area contributed by atoms with E-state index in [2.05, 4.69) is 12.1 Å². The van der Waals surface area contributed by atoms with E-state index in [1.54, 1.807) is 54.6 Å². The summed E-state index contributed by atoms with van der Waals surface area (Å²) in [6.45, 7) is 0. The van der Waals surface area contributed by atoms with Crippen molar-refractivity contribution in [2.45, 2.75) is 116 Å². The minimum Gasteiger partial charge on any atom is -0.508 e. The number of hydrogen-bond acceptors (Lipinski definition) is 10. The largest absolute Gasteiger partial charge is 0.508 e. The summed E-state index contributed by atoms with van der Waals surface area (Å²) in [5.74, 6) is -2.65. The average molecular weight is 1130 g/mol. The molecule has 0 atom stereocenters. The zero-order valence-corrected chi connectivity index (χ0v) is 45.9. The maximum atomic E-state index is 14.5. The minimum atomic E-state index is -0.756. The Hall–Kier alpha value is -9.34. The van der Waals surface area contributed by atoms with Crippen molar-refractivity contribution >= 4 is 45.4 Å². The van der Waals surface area contributed by atoms with Gasteiger partial charge in [0.05, 0.1) is 23.3 Å². The van der Waals surface area contributed by atoms with Gasteiger partial charge in [0.25, 0.3) is 0 Å². The Balaban J connectivity index is 0.000000227. The molecule has 2 N–H and O–H groups in total. The monoisotopic (exact) mass is 1130 g/mol. The molecule has 0 unspecified atom stereocenters. The molecule has 0 aliphatic carbocycles. The van der Waals surface area contributed by atoms with Gasteiger partial charge >= 0.3 is 23.9 Å². The van der Waals surface area contributed by atoms with Gasteiger partial charge in [-0.2, -0.15) is 10.5 Å². The fraction of sp³-hybridized carbons (Fsp3) is 0.265. The van der Waals surface area contributed by atoms with Crippen LogP contribution in [0.15, 0.2) is 158 Å². The number of phenols is 1. The SMILES string of the molecule is N#Cc1ccc2cc(O)ccc2c1.N#Cc1ccc2cc(OC(=O)CCCCCCCCCC(=O)Oc3ccc(-c4ccc(F)cc4)c(F)c3)ccc2c1.O=C(O)CCCCCCCCCC(=O)Oc1ccc(-c2ccc(F)cc2)c(F)c1. The Morgan fingerprint density at radius 2 is 0.699 bits per heavy atom. The second-order valence-corrected chi connectivity index (χ2v) is 19.8. The summed E-state index contributed by atoms with van der Waals surface area (Å²) < 4.78 is 70.8. The van der Waals surface area contributed by atoms with Crippen molar-refractivity contribution in [1.29, 1.82) is 10.5 Å². The van der Waals surface area contributed by atoms with Crippen LogP contribution < -0.4 is 14.2 Å². The molecule has 0 fully saturated rings. The maximum Gasteiger partial charge on any atom is 0.311 e. The summed E-state index contributed by atoms with van der Waals surface area (Å²) in [5, 5.41) is 39.1. The highest BCUT2D eigenvalue weighted by Crippen LogP contribution is 2.29. The average Bonchev–Trinajstić information content (AvgIpc) is 3.48. The lowest BCUT2D eigenvalue weighted by Gasteiger charge is -2.08. The number of unbranched alkanes of at least 4 members (excludes halogenated alkanes) is 12. The Morgan fingerprint density at radius 1 is 0.373 bits per heavy atom. The smallest absolute Gasteiger partial charge is 0.311 e. The third-order valence-electron chi connectivity index (χ3n) is 13.3. The van der Waals surface area contributed by atoms with E-state index < -0.39 is 41.2 Å². The van der Waals surface area contributed by atoms with Crippen LogP contribution in [0.3, 0.4) is 0 Å². The number of carboxylic acid groups (broad SMARTS) is 1. The summed E-state index contributed by atoms with van der Waals surface area (Å²) in [6.07, 6.45) is 13.5. The molecule has 0 saturated carbocycles. The van der Waals surface area contributed by atoms with Crippen LogP contribution in [0.2, 0.25) is 0 Å². The topological polar surface area (TPSA) is 184 Å². The standard InChI is InChI=1S/C34H31F2NO4.C23H26F2O4.C11H7NO/c35-28-15-12-25(13-16-28)31-19-18-30(22-32(31)36)41-34(39)9-7-5-3-1-2-4-6-8-33(38)40-29-17-14-26-20-24(23-37)10-11-27(26)21-29;24-18-12-10-17(11-13-18)20-15-14-19(16-21(20)25)29-23(28)9-7-5-3-1-2-4-6-8-22(26)27;12-7-8-1-2-10-6-11(13)4-3-9(10)5-8/h10-22H,1-9H2;10-16H,1-9H2,(H,26,27);1-6,13H. The van der Waals surface area contributed by atoms with Gasteiger partial charge in [-0.05, 0) is 155 Å². The van der Waals surface area contributed by atoms with Gasteiger partial charge in [0, 0.05) is 48.9 Å². The third kappa shape index (κ3) is 21.9. The molecule has 0 heterocycles. The number of carbonyl (C=O) groups excluding carboxylic acids is 3. The zero-order chi connectivity index (χ0) is 59.3. The van der Waals surface area contributed by atoms with Crippen LogP contribution >= 0.6 is 0 Å². The molecule has 0 saturated heterocycles. The summed E-state index contributed by atoms with van der Waals surface area (Å²) in [4.78, 5) is 46.6. The van der Waals surface area contributed by atoms with Gasteiger partial charge in [-0.15, -0.1) is 0 Å². The Kier molecular flexibility index (Phi) is 25.3. The summed E-state index contributed by atoms with van der Waals surface area (Å²) >= 11 is 0. The fourth-order valence-electron chi connectivity index (χ4n) is 8.90. The molecule has 0 bridgehead atoms. The first-order valence-corrected chi connectivity index (χ1v) is 27.7. The zero-order valence-electron chi connectivity index (χ0n) is 45.9. The highest BCUT2D eigenvalue weighted by molar-refractivity contribution is 5.86. The second kappa shape index (κ2) is 33.4. The predicted molar refractivity (Wildman–Crippen MR) is 310 cm³/mol. The number of rotatable bonds is 25. The number of fused-ring (bicyclic) bond motifs is 2. The molecule has 83 heavy (non-hydrogen) atoms. The highest BCUT2D eigenvalue weighted by atomic mass is 19.1. The summed E-state index contributed by atoms with van der Waals surface area (Å²) in [6, 6.07) is 44.8. The lowest BCUT2D eigenvalue weighted by Crippen LogP contribution is -2.08. The number of nitriles is 2. The van der Waals surface area contributed by atoms with Gasteiger partial charge in [-0.1, -0.05) is 113 Å². The molecule has 8 aromatic rings. The molecule has 8 aromatic carbocycles. The first kappa shape index (κ1) is 62.9. The van der Waals surface area contributed by atoms with E-state index in [-0.39, 0.29) is 42.5 Å². The van der Waals surface area contributed by atoms with Gasteiger partial charge in [0.15, 0.2) is 0 Å². The molecular formula is C68H64F4N2O9. The van der Waals surface area contributed by atoms with Gasteiger partial charge < -0.3 is 24.4 Å². The van der Waals surface area contributed by atoms with Crippen molar-refractivity contribution in [3.05, 3.63) is 192 Å². The number of aliphatic carboxylic acids is 1. The van der Waals surface area contributed by atoms with Crippen molar-refractivity contribution in [2.75, 3.05) is 0 Å². The molecule has 8 rings (SSSR count). The molecule has 0 spiro atoms. The van der Waals surface area contributed by atoms with Crippen molar-refractivity contribution in [3.63, 3.8) is 0 Å². The number of nitrogens with zero attached hydrogens (tertiary/aromatic N) is 2. The predicted octanol–water partition coefficient (Wildman–Crippen LogP) is 17.2. The van der Waals surface area contributed by atoms with Crippen LogP contribution in [-0.4, -0.2) is 34.1 Å². The molecule has 0 aromatic heterocycles. The van der Waals surface area contributed by atoms with Gasteiger partial charge in [0.2, 0.25) is 0 Å². The molecular weight excluding hydrogens is 1060 g/mol. The van der Waals surface area contributed by atoms with Crippen LogP contribution in [0.25, 0.3) is 43.8 Å². The number of ether oxygens (including phenoxy) is 3. The number of carboxylic acids is 1. The van der Waals surface area contributed by atoms with Crippen LogP contribution in [0, 0.1) is 45.9 Å². The number of carbonyl (C=O) groups is 4. The molecule has 0 amide bonds. The second-order valence-electron chi connectivity index (χ2n) is 19.8. The molecule has 428 valence electrons. The van der Waals surface area contributed by atoms with E-state index in [4.69, 9.17) is 29.8 Å². The first-order chi connectivity index (χ1) is 40.2. The third-order valence-corrected chi connectivity index (χ3v) is 13.3. The van der Waals surface area contributed by atoms with E-state index in [1.807, 2.05) is 18.2 Å². The highest BCUT2D eigenvalue weighted by Gasteiger charge is 2.13.